The van der Waals surface area contributed by atoms with Crippen molar-refractivity contribution in [2.45, 2.75) is 26.8 Å². The van der Waals surface area contributed by atoms with Crippen molar-refractivity contribution >= 4 is 23.4 Å². The summed E-state index contributed by atoms with van der Waals surface area (Å²) in [6, 6.07) is 9.02. The van der Waals surface area contributed by atoms with Crippen molar-refractivity contribution < 1.29 is 33.7 Å². The standard InChI is InChI=1S/C27H32N2O7/c1-7-35-20-10-9-19(14-16(20)2)25(31)23-24(29(13-12-28(4)5)27(33)26(23)32)18-8-11-21(34-6)22(15-18)36-17(3)30/h8-11,14-15,24,31H,7,12-13H2,1-6H3/b25-23-. The molecule has 0 bridgehead atoms. The smallest absolute Gasteiger partial charge is 0.308 e. The van der Waals surface area contributed by atoms with Gasteiger partial charge in [0, 0.05) is 25.6 Å². The highest BCUT2D eigenvalue weighted by Crippen LogP contribution is 2.42. The van der Waals surface area contributed by atoms with Crippen LogP contribution in [-0.4, -0.2) is 73.5 Å². The molecule has 1 aliphatic rings. The molecule has 0 spiro atoms. The molecule has 192 valence electrons. The number of aryl methyl sites for hydroxylation is 1. The number of likely N-dealkylation sites (tertiary alicyclic amines) is 1. The topological polar surface area (TPSA) is 106 Å². The number of carbonyl (C=O) groups is 3. The lowest BCUT2D eigenvalue weighted by atomic mass is 9.94. The van der Waals surface area contributed by atoms with Crippen LogP contribution < -0.4 is 14.2 Å². The minimum absolute atomic E-state index is 0.0405. The van der Waals surface area contributed by atoms with Gasteiger partial charge >= 0.3 is 5.97 Å². The highest BCUT2D eigenvalue weighted by atomic mass is 16.6. The predicted molar refractivity (Wildman–Crippen MR) is 134 cm³/mol. The lowest BCUT2D eigenvalue weighted by molar-refractivity contribution is -0.140. The normalized spacial score (nSPS) is 17.0. The summed E-state index contributed by atoms with van der Waals surface area (Å²) < 4.78 is 16.2. The van der Waals surface area contributed by atoms with Gasteiger partial charge in [0.05, 0.1) is 25.3 Å². The molecule has 0 aliphatic carbocycles. The fraction of sp³-hybridized carbons (Fsp3) is 0.370. The van der Waals surface area contributed by atoms with E-state index in [1.165, 1.54) is 18.9 Å². The number of likely N-dealkylation sites (N-methyl/N-ethyl adjacent to an activating group) is 1. The summed E-state index contributed by atoms with van der Waals surface area (Å²) in [5.74, 6) is -1.20. The van der Waals surface area contributed by atoms with Crippen LogP contribution in [0.2, 0.25) is 0 Å². The van der Waals surface area contributed by atoms with Crippen molar-refractivity contribution in [2.24, 2.45) is 0 Å². The van der Waals surface area contributed by atoms with Crippen LogP contribution in [0.3, 0.4) is 0 Å². The molecule has 2 aromatic rings. The van der Waals surface area contributed by atoms with Crippen LogP contribution in [0.5, 0.6) is 17.2 Å². The Morgan fingerprint density at radius 1 is 1.08 bits per heavy atom. The molecule has 0 radical (unpaired) electrons. The molecule has 1 saturated heterocycles. The molecule has 0 aromatic heterocycles. The molecule has 9 nitrogen and oxygen atoms in total. The van der Waals surface area contributed by atoms with Gasteiger partial charge in [-0.3, -0.25) is 14.4 Å². The molecule has 1 amide bonds. The fourth-order valence-electron chi connectivity index (χ4n) is 4.13. The second-order valence-electron chi connectivity index (χ2n) is 8.71. The van der Waals surface area contributed by atoms with Crippen LogP contribution in [0.1, 0.15) is 36.6 Å². The number of hydrogen-bond acceptors (Lipinski definition) is 8. The van der Waals surface area contributed by atoms with E-state index in [1.807, 2.05) is 32.8 Å². The van der Waals surface area contributed by atoms with Crippen molar-refractivity contribution in [1.82, 2.24) is 9.80 Å². The van der Waals surface area contributed by atoms with Crippen molar-refractivity contribution in [3.63, 3.8) is 0 Å². The number of rotatable bonds is 9. The minimum atomic E-state index is -0.892. The van der Waals surface area contributed by atoms with E-state index in [1.54, 1.807) is 36.4 Å². The van der Waals surface area contributed by atoms with E-state index in [-0.39, 0.29) is 23.6 Å². The number of Topliss-reactive ketones (excluding diaryl/α,β-unsaturated/α-hetero) is 1. The Kier molecular flexibility index (Phi) is 8.37. The van der Waals surface area contributed by atoms with Gasteiger partial charge in [-0.2, -0.15) is 0 Å². The monoisotopic (exact) mass is 496 g/mol. The summed E-state index contributed by atoms with van der Waals surface area (Å²) in [6.07, 6.45) is 0. The van der Waals surface area contributed by atoms with Crippen LogP contribution in [0, 0.1) is 6.92 Å². The zero-order chi connectivity index (χ0) is 26.6. The third-order valence-corrected chi connectivity index (χ3v) is 5.83. The van der Waals surface area contributed by atoms with Crippen LogP contribution in [-0.2, 0) is 14.4 Å². The Bertz CT molecular complexity index is 1200. The zero-order valence-corrected chi connectivity index (χ0v) is 21.5. The summed E-state index contributed by atoms with van der Waals surface area (Å²) in [7, 11) is 5.17. The predicted octanol–water partition coefficient (Wildman–Crippen LogP) is 3.31. The van der Waals surface area contributed by atoms with Crippen molar-refractivity contribution in [2.75, 3.05) is 40.9 Å². The number of aliphatic hydroxyl groups excluding tert-OH is 1. The second-order valence-corrected chi connectivity index (χ2v) is 8.71. The lowest BCUT2D eigenvalue weighted by Crippen LogP contribution is -2.35. The third-order valence-electron chi connectivity index (χ3n) is 5.83. The van der Waals surface area contributed by atoms with E-state index in [0.29, 0.717) is 35.8 Å². The van der Waals surface area contributed by atoms with Crippen LogP contribution in [0.4, 0.5) is 0 Å². The summed E-state index contributed by atoms with van der Waals surface area (Å²) in [4.78, 5) is 41.3. The first-order valence-electron chi connectivity index (χ1n) is 11.6. The molecule has 1 fully saturated rings. The molecule has 3 rings (SSSR count). The number of amides is 1. The average molecular weight is 497 g/mol. The number of hydrogen-bond donors (Lipinski definition) is 1. The maximum absolute atomic E-state index is 13.2. The fourth-order valence-corrected chi connectivity index (χ4v) is 4.13. The van der Waals surface area contributed by atoms with Gasteiger partial charge in [0.15, 0.2) is 11.5 Å². The van der Waals surface area contributed by atoms with E-state index in [2.05, 4.69) is 0 Å². The Morgan fingerprint density at radius 2 is 1.78 bits per heavy atom. The number of ether oxygens (including phenoxy) is 3. The molecule has 1 aliphatic heterocycles. The van der Waals surface area contributed by atoms with Gasteiger partial charge < -0.3 is 29.1 Å². The van der Waals surface area contributed by atoms with Gasteiger partial charge in [-0.1, -0.05) is 6.07 Å². The molecule has 1 N–H and O–H groups in total. The van der Waals surface area contributed by atoms with Gasteiger partial charge in [-0.05, 0) is 69.4 Å². The Morgan fingerprint density at radius 3 is 2.36 bits per heavy atom. The van der Waals surface area contributed by atoms with Gasteiger partial charge in [-0.15, -0.1) is 0 Å². The van der Waals surface area contributed by atoms with E-state index in [9.17, 15) is 19.5 Å². The third kappa shape index (κ3) is 5.52. The lowest BCUT2D eigenvalue weighted by Gasteiger charge is -2.27. The number of methoxy groups -OCH3 is 1. The molecule has 1 heterocycles. The SMILES string of the molecule is CCOc1ccc(/C(O)=C2/C(=O)C(=O)N(CCN(C)C)C2c2ccc(OC)c(OC(C)=O)c2)cc1C. The van der Waals surface area contributed by atoms with Gasteiger partial charge in [0.2, 0.25) is 0 Å². The van der Waals surface area contributed by atoms with E-state index in [4.69, 9.17) is 14.2 Å². The van der Waals surface area contributed by atoms with Crippen molar-refractivity contribution in [3.8, 4) is 17.2 Å². The largest absolute Gasteiger partial charge is 0.507 e. The number of nitrogens with zero attached hydrogens (tertiary/aromatic N) is 2. The molecule has 9 heteroatoms. The summed E-state index contributed by atoms with van der Waals surface area (Å²) in [5, 5.41) is 11.3. The second kappa shape index (κ2) is 11.3. The maximum Gasteiger partial charge on any atom is 0.308 e. The summed E-state index contributed by atoms with van der Waals surface area (Å²) in [5.41, 5.74) is 1.62. The molecule has 1 atom stereocenters. The van der Waals surface area contributed by atoms with E-state index in [0.717, 1.165) is 5.56 Å². The maximum atomic E-state index is 13.2. The number of aliphatic hydroxyl groups is 1. The van der Waals surface area contributed by atoms with Crippen molar-refractivity contribution in [1.29, 1.82) is 0 Å². The first kappa shape index (κ1) is 26.7. The summed E-state index contributed by atoms with van der Waals surface area (Å²) in [6.45, 7) is 6.22. The summed E-state index contributed by atoms with van der Waals surface area (Å²) >= 11 is 0. The Hall–Kier alpha value is -3.85. The molecular formula is C27H32N2O7. The van der Waals surface area contributed by atoms with Crippen LogP contribution >= 0.6 is 0 Å². The van der Waals surface area contributed by atoms with Crippen LogP contribution in [0.25, 0.3) is 5.76 Å². The Balaban J connectivity index is 2.19. The van der Waals surface area contributed by atoms with Gasteiger partial charge in [0.25, 0.3) is 11.7 Å². The molecule has 1 unspecified atom stereocenters. The minimum Gasteiger partial charge on any atom is -0.507 e. The van der Waals surface area contributed by atoms with Gasteiger partial charge in [-0.25, -0.2) is 0 Å². The molecule has 0 saturated carbocycles. The number of benzene rings is 2. The Labute approximate surface area is 210 Å². The first-order chi connectivity index (χ1) is 17.1. The zero-order valence-electron chi connectivity index (χ0n) is 21.5. The number of esters is 1. The quantitative estimate of drug-likeness (QED) is 0.185. The van der Waals surface area contributed by atoms with Crippen LogP contribution in [0.15, 0.2) is 42.0 Å². The highest BCUT2D eigenvalue weighted by molar-refractivity contribution is 6.46. The molecule has 2 aromatic carbocycles. The average Bonchev–Trinajstić information content (AvgIpc) is 3.08. The number of carbonyl (C=O) groups excluding carboxylic acids is 3. The first-order valence-corrected chi connectivity index (χ1v) is 11.6. The van der Waals surface area contributed by atoms with Crippen molar-refractivity contribution in [3.05, 3.63) is 58.7 Å². The van der Waals surface area contributed by atoms with E-state index >= 15 is 0 Å². The van der Waals surface area contributed by atoms with Gasteiger partial charge in [0.1, 0.15) is 11.5 Å². The molecule has 36 heavy (non-hydrogen) atoms. The molecular weight excluding hydrogens is 464 g/mol. The highest BCUT2D eigenvalue weighted by Gasteiger charge is 2.46. The number of ketones is 1. The van der Waals surface area contributed by atoms with E-state index < -0.39 is 23.7 Å².